The Hall–Kier alpha value is -2.53. The molecular weight excluding hydrogens is 438 g/mol. The first-order valence-corrected chi connectivity index (χ1v) is 10.4. The summed E-state index contributed by atoms with van der Waals surface area (Å²) in [5.74, 6) is -2.74. The maximum Gasteiger partial charge on any atom is 0.490 e. The van der Waals surface area contributed by atoms with Crippen molar-refractivity contribution in [1.29, 1.82) is 0 Å². The van der Waals surface area contributed by atoms with Gasteiger partial charge in [0, 0.05) is 37.0 Å². The van der Waals surface area contributed by atoms with E-state index in [2.05, 4.69) is 9.88 Å². The van der Waals surface area contributed by atoms with Crippen molar-refractivity contribution >= 4 is 23.2 Å². The van der Waals surface area contributed by atoms with Gasteiger partial charge in [-0.25, -0.2) is 14.2 Å². The van der Waals surface area contributed by atoms with Gasteiger partial charge in [0.15, 0.2) is 0 Å². The van der Waals surface area contributed by atoms with E-state index in [-0.39, 0.29) is 23.8 Å². The summed E-state index contributed by atoms with van der Waals surface area (Å²) >= 11 is 1.63. The van der Waals surface area contributed by atoms with Gasteiger partial charge in [-0.2, -0.15) is 13.2 Å². The van der Waals surface area contributed by atoms with E-state index >= 15 is 0 Å². The van der Waals surface area contributed by atoms with Gasteiger partial charge in [0.2, 0.25) is 5.91 Å². The average molecular weight is 459 g/mol. The standard InChI is InChI=1S/C18H20FN3OS.C2HF3O2/c1-12-20-15(11-24-12)10-22-16-6-7-21(17(16)8-18(22)23)9-13-2-4-14(19)5-3-13;3-2(4,5)1(6)7/h2-5,11,16-17H,6-10H2,1H3;(H,6,7)/t16-,17+;/m1./s1. The van der Waals surface area contributed by atoms with E-state index in [1.807, 2.05) is 29.3 Å². The molecule has 2 saturated heterocycles. The highest BCUT2D eigenvalue weighted by atomic mass is 32.1. The first-order valence-electron chi connectivity index (χ1n) is 9.53. The van der Waals surface area contributed by atoms with Crippen LogP contribution in [0.15, 0.2) is 29.6 Å². The fraction of sp³-hybridized carbons (Fsp3) is 0.450. The number of alkyl halides is 3. The van der Waals surface area contributed by atoms with Crippen LogP contribution in [0.5, 0.6) is 0 Å². The number of thiazole rings is 1. The number of fused-ring (bicyclic) bond motifs is 1. The normalized spacial score (nSPS) is 21.1. The smallest absolute Gasteiger partial charge is 0.475 e. The first kappa shape index (κ1) is 23.1. The Bertz CT molecular complexity index is 932. The molecule has 2 atom stereocenters. The van der Waals surface area contributed by atoms with Crippen LogP contribution in [0.25, 0.3) is 0 Å². The highest BCUT2D eigenvalue weighted by molar-refractivity contribution is 7.09. The molecule has 1 N–H and O–H groups in total. The van der Waals surface area contributed by atoms with Gasteiger partial charge in [-0.15, -0.1) is 11.3 Å². The lowest BCUT2D eigenvalue weighted by Gasteiger charge is -2.25. The summed E-state index contributed by atoms with van der Waals surface area (Å²) in [6.07, 6.45) is -3.50. The minimum atomic E-state index is -5.08. The summed E-state index contributed by atoms with van der Waals surface area (Å²) in [6, 6.07) is 7.20. The van der Waals surface area contributed by atoms with E-state index in [1.54, 1.807) is 11.3 Å². The molecule has 0 radical (unpaired) electrons. The number of halogens is 4. The number of likely N-dealkylation sites (tertiary alicyclic amines) is 2. The minimum absolute atomic E-state index is 0.209. The Morgan fingerprint density at radius 3 is 2.42 bits per heavy atom. The summed E-state index contributed by atoms with van der Waals surface area (Å²) in [5, 5.41) is 10.2. The van der Waals surface area contributed by atoms with Crippen LogP contribution >= 0.6 is 11.3 Å². The predicted octanol–water partition coefficient (Wildman–Crippen LogP) is 3.60. The van der Waals surface area contributed by atoms with Crippen LogP contribution in [-0.2, 0) is 22.7 Å². The SMILES string of the molecule is Cc1nc(CN2C(=O)C[C@H]3[C@H]2CCN3Cc2ccc(F)cc2)cs1.O=C(O)C(F)(F)F. The molecular formula is C20H21F4N3O3S. The molecule has 2 fully saturated rings. The average Bonchev–Trinajstić information content (AvgIpc) is 3.35. The third kappa shape index (κ3) is 5.79. The number of nitrogens with zero attached hydrogens (tertiary/aromatic N) is 3. The molecule has 0 bridgehead atoms. The monoisotopic (exact) mass is 459 g/mol. The molecule has 1 aromatic carbocycles. The lowest BCUT2D eigenvalue weighted by atomic mass is 10.1. The van der Waals surface area contributed by atoms with Crippen molar-refractivity contribution in [2.75, 3.05) is 6.54 Å². The maximum atomic E-state index is 13.1. The van der Waals surface area contributed by atoms with Crippen molar-refractivity contribution in [2.24, 2.45) is 0 Å². The fourth-order valence-corrected chi connectivity index (χ4v) is 4.49. The molecule has 2 aromatic rings. The number of carbonyl (C=O) groups excluding carboxylic acids is 1. The maximum absolute atomic E-state index is 13.1. The second-order valence-corrected chi connectivity index (χ2v) is 8.47. The molecule has 11 heteroatoms. The molecule has 2 aliphatic rings. The second-order valence-electron chi connectivity index (χ2n) is 7.41. The number of hydrogen-bond acceptors (Lipinski definition) is 5. The van der Waals surface area contributed by atoms with Crippen molar-refractivity contribution in [1.82, 2.24) is 14.8 Å². The zero-order valence-electron chi connectivity index (χ0n) is 16.6. The van der Waals surface area contributed by atoms with E-state index in [0.29, 0.717) is 13.0 Å². The van der Waals surface area contributed by atoms with Crippen molar-refractivity contribution in [2.45, 2.75) is 51.1 Å². The van der Waals surface area contributed by atoms with Gasteiger partial charge in [-0.1, -0.05) is 12.1 Å². The number of benzene rings is 1. The van der Waals surface area contributed by atoms with Crippen LogP contribution in [-0.4, -0.2) is 56.6 Å². The Labute approximate surface area is 180 Å². The molecule has 0 unspecified atom stereocenters. The van der Waals surface area contributed by atoms with E-state index in [4.69, 9.17) is 9.90 Å². The Kier molecular flexibility index (Phi) is 6.95. The number of aliphatic carboxylic acids is 1. The van der Waals surface area contributed by atoms with Crippen LogP contribution in [0.3, 0.4) is 0 Å². The molecule has 168 valence electrons. The number of amides is 1. The zero-order chi connectivity index (χ0) is 22.8. The predicted molar refractivity (Wildman–Crippen MR) is 105 cm³/mol. The number of carboxylic acids is 1. The number of aromatic nitrogens is 1. The molecule has 1 amide bonds. The van der Waals surface area contributed by atoms with E-state index in [0.717, 1.165) is 35.8 Å². The minimum Gasteiger partial charge on any atom is -0.475 e. The van der Waals surface area contributed by atoms with E-state index in [9.17, 15) is 22.4 Å². The van der Waals surface area contributed by atoms with Crippen molar-refractivity contribution in [3.8, 4) is 0 Å². The quantitative estimate of drug-likeness (QED) is 0.708. The van der Waals surface area contributed by atoms with E-state index < -0.39 is 12.1 Å². The van der Waals surface area contributed by atoms with Gasteiger partial charge in [0.1, 0.15) is 5.82 Å². The van der Waals surface area contributed by atoms with Gasteiger partial charge in [-0.3, -0.25) is 9.69 Å². The van der Waals surface area contributed by atoms with Gasteiger partial charge in [-0.05, 0) is 31.0 Å². The molecule has 0 spiro atoms. The highest BCUT2D eigenvalue weighted by Crippen LogP contribution is 2.34. The number of hydrogen-bond donors (Lipinski definition) is 1. The summed E-state index contributed by atoms with van der Waals surface area (Å²) in [7, 11) is 0. The van der Waals surface area contributed by atoms with Crippen LogP contribution in [0.2, 0.25) is 0 Å². The Morgan fingerprint density at radius 2 is 1.87 bits per heavy atom. The van der Waals surface area contributed by atoms with Crippen molar-refractivity contribution in [3.05, 3.63) is 51.7 Å². The van der Waals surface area contributed by atoms with Crippen LogP contribution < -0.4 is 0 Å². The summed E-state index contributed by atoms with van der Waals surface area (Å²) in [6.45, 7) is 4.36. The number of carbonyl (C=O) groups is 2. The Morgan fingerprint density at radius 1 is 1.23 bits per heavy atom. The summed E-state index contributed by atoms with van der Waals surface area (Å²) < 4.78 is 44.8. The third-order valence-corrected chi connectivity index (χ3v) is 6.09. The lowest BCUT2D eigenvalue weighted by Crippen LogP contribution is -2.36. The van der Waals surface area contributed by atoms with Crippen LogP contribution in [0.1, 0.15) is 29.1 Å². The fourth-order valence-electron chi connectivity index (χ4n) is 3.89. The van der Waals surface area contributed by atoms with Crippen LogP contribution in [0.4, 0.5) is 17.6 Å². The van der Waals surface area contributed by atoms with Gasteiger partial charge in [0.05, 0.1) is 17.2 Å². The van der Waals surface area contributed by atoms with E-state index in [1.165, 1.54) is 12.1 Å². The molecule has 6 nitrogen and oxygen atoms in total. The molecule has 0 aliphatic carbocycles. The van der Waals surface area contributed by atoms with Crippen molar-refractivity contribution in [3.63, 3.8) is 0 Å². The van der Waals surface area contributed by atoms with Crippen molar-refractivity contribution < 1.29 is 32.3 Å². The topological polar surface area (TPSA) is 73.7 Å². The molecule has 0 saturated carbocycles. The largest absolute Gasteiger partial charge is 0.490 e. The lowest BCUT2D eigenvalue weighted by molar-refractivity contribution is -0.192. The summed E-state index contributed by atoms with van der Waals surface area (Å²) in [4.78, 5) is 30.2. The molecule has 31 heavy (non-hydrogen) atoms. The highest BCUT2D eigenvalue weighted by Gasteiger charge is 2.46. The third-order valence-electron chi connectivity index (χ3n) is 5.27. The molecule has 1 aromatic heterocycles. The van der Waals surface area contributed by atoms with Gasteiger partial charge in [0.25, 0.3) is 0 Å². The number of carboxylic acid groups (broad SMARTS) is 1. The molecule has 4 rings (SSSR count). The molecule has 2 aliphatic heterocycles. The summed E-state index contributed by atoms with van der Waals surface area (Å²) in [5.41, 5.74) is 2.08. The first-order chi connectivity index (χ1) is 14.5. The van der Waals surface area contributed by atoms with Gasteiger partial charge < -0.3 is 10.0 Å². The van der Waals surface area contributed by atoms with Crippen LogP contribution in [0, 0.1) is 12.7 Å². The number of rotatable bonds is 4. The Balaban J connectivity index is 0.000000339. The zero-order valence-corrected chi connectivity index (χ0v) is 17.4. The van der Waals surface area contributed by atoms with Gasteiger partial charge >= 0.3 is 12.1 Å². The second kappa shape index (κ2) is 9.31. The number of aryl methyl sites for hydroxylation is 1. The molecule has 3 heterocycles.